The Kier molecular flexibility index (Phi) is 5.54. The van der Waals surface area contributed by atoms with E-state index >= 15 is 0 Å². The highest BCUT2D eigenvalue weighted by atomic mass is 32.5. The van der Waals surface area contributed by atoms with Gasteiger partial charge in [-0.3, -0.25) is 4.57 Å². The predicted octanol–water partition coefficient (Wildman–Crippen LogP) is 1.45. The van der Waals surface area contributed by atoms with E-state index < -0.39 is 30.8 Å². The van der Waals surface area contributed by atoms with Crippen molar-refractivity contribution in [1.82, 2.24) is 9.55 Å². The fraction of sp³-hybridized carbons (Fsp3) is 0.714. The average molecular weight is 377 g/mol. The zero-order valence-electron chi connectivity index (χ0n) is 14.2. The van der Waals surface area contributed by atoms with Gasteiger partial charge in [0.05, 0.1) is 12.2 Å². The standard InChI is InChI=1S/C14H24N3O5PS/c1-8-7-17(13(18)16-12(8)15)11-5-9(22-23(19,20)24)10(21-11)6-14(2,3)4/h7,9-11H,5-6H2,1-4H3,(H2,15,16,18)(H2,19,20,24)/t9?,10-,11-/m1/s1. The minimum atomic E-state index is -3.83. The lowest BCUT2D eigenvalue weighted by Gasteiger charge is -2.27. The van der Waals surface area contributed by atoms with Gasteiger partial charge in [-0.25, -0.2) is 4.79 Å². The van der Waals surface area contributed by atoms with E-state index in [0.29, 0.717) is 12.0 Å². The largest absolute Gasteiger partial charge is 0.383 e. The number of nitrogen functional groups attached to an aromatic ring is 1. The van der Waals surface area contributed by atoms with Gasteiger partial charge in [0.2, 0.25) is 0 Å². The molecule has 0 saturated carbocycles. The van der Waals surface area contributed by atoms with Crippen molar-refractivity contribution in [2.75, 3.05) is 5.73 Å². The molecule has 4 N–H and O–H groups in total. The highest BCUT2D eigenvalue weighted by Crippen LogP contribution is 2.45. The topological polar surface area (TPSA) is 120 Å². The summed E-state index contributed by atoms with van der Waals surface area (Å²) < 4.78 is 12.6. The van der Waals surface area contributed by atoms with Crippen LogP contribution in [0.5, 0.6) is 0 Å². The molecule has 1 aliphatic heterocycles. The summed E-state index contributed by atoms with van der Waals surface area (Å²) in [5.74, 6) is 0.175. The number of rotatable bonds is 4. The molecule has 1 saturated heterocycles. The summed E-state index contributed by atoms with van der Waals surface area (Å²) in [5.41, 5.74) is 5.70. The third kappa shape index (κ3) is 5.08. The molecule has 0 bridgehead atoms. The van der Waals surface area contributed by atoms with E-state index in [2.05, 4.69) is 16.8 Å². The van der Waals surface area contributed by atoms with Gasteiger partial charge in [-0.1, -0.05) is 20.8 Å². The summed E-state index contributed by atoms with van der Waals surface area (Å²) in [4.78, 5) is 34.9. The first-order valence-electron chi connectivity index (χ1n) is 7.60. The molecule has 0 spiro atoms. The maximum absolute atomic E-state index is 12.1. The van der Waals surface area contributed by atoms with Crippen LogP contribution < -0.4 is 11.4 Å². The van der Waals surface area contributed by atoms with Crippen LogP contribution in [0.3, 0.4) is 0 Å². The Balaban J connectivity index is 2.29. The minimum absolute atomic E-state index is 0.0745. The fourth-order valence-corrected chi connectivity index (χ4v) is 3.64. The van der Waals surface area contributed by atoms with Gasteiger partial charge in [-0.05, 0) is 30.6 Å². The van der Waals surface area contributed by atoms with Gasteiger partial charge in [0, 0.05) is 18.2 Å². The number of ether oxygens (including phenoxy) is 1. The Morgan fingerprint density at radius 1 is 1.54 bits per heavy atom. The van der Waals surface area contributed by atoms with Crippen molar-refractivity contribution in [3.8, 4) is 0 Å². The van der Waals surface area contributed by atoms with Crippen LogP contribution in [0, 0.1) is 12.3 Å². The van der Waals surface area contributed by atoms with Crippen LogP contribution in [0.4, 0.5) is 5.82 Å². The van der Waals surface area contributed by atoms with Crippen molar-refractivity contribution in [2.24, 2.45) is 5.41 Å². The number of nitrogens with two attached hydrogens (primary N) is 1. The second kappa shape index (κ2) is 6.82. The molecule has 10 heteroatoms. The van der Waals surface area contributed by atoms with Crippen LogP contribution >= 0.6 is 6.72 Å². The molecule has 1 unspecified atom stereocenters. The van der Waals surface area contributed by atoms with Gasteiger partial charge in [-0.15, -0.1) is 0 Å². The second-order valence-corrected chi connectivity index (χ2v) is 9.88. The SMILES string of the molecule is Cc1cn([C@H]2CC(OP(O)(O)=S)[C@@H](CC(C)(C)C)O2)c(=O)nc1N. The monoisotopic (exact) mass is 377 g/mol. The van der Waals surface area contributed by atoms with Crippen LogP contribution in [0.2, 0.25) is 0 Å². The van der Waals surface area contributed by atoms with Gasteiger partial charge in [0.15, 0.2) is 0 Å². The molecule has 0 aromatic carbocycles. The van der Waals surface area contributed by atoms with Crippen LogP contribution in [0.1, 0.15) is 45.4 Å². The Hall–Kier alpha value is -0.830. The summed E-state index contributed by atoms with van der Waals surface area (Å²) in [6, 6.07) is 0. The molecule has 0 aliphatic carbocycles. The smallest absolute Gasteiger partial charge is 0.351 e. The molecule has 0 radical (unpaired) electrons. The van der Waals surface area contributed by atoms with E-state index in [1.807, 2.05) is 20.8 Å². The lowest BCUT2D eigenvalue weighted by molar-refractivity contribution is -0.0358. The zero-order valence-corrected chi connectivity index (χ0v) is 15.9. The van der Waals surface area contributed by atoms with Gasteiger partial charge in [-0.2, -0.15) is 4.98 Å². The van der Waals surface area contributed by atoms with Gasteiger partial charge >= 0.3 is 12.4 Å². The number of aryl methyl sites for hydroxylation is 1. The Morgan fingerprint density at radius 2 is 2.17 bits per heavy atom. The van der Waals surface area contributed by atoms with Gasteiger partial charge < -0.3 is 24.8 Å². The molecule has 136 valence electrons. The van der Waals surface area contributed by atoms with Gasteiger partial charge in [0.25, 0.3) is 0 Å². The predicted molar refractivity (Wildman–Crippen MR) is 93.8 cm³/mol. The van der Waals surface area contributed by atoms with E-state index in [4.69, 9.17) is 15.0 Å². The summed E-state index contributed by atoms with van der Waals surface area (Å²) >= 11 is 4.58. The number of aromatic nitrogens is 2. The van der Waals surface area contributed by atoms with Crippen molar-refractivity contribution in [1.29, 1.82) is 0 Å². The number of hydrogen-bond acceptors (Lipinski definition) is 6. The van der Waals surface area contributed by atoms with Crippen molar-refractivity contribution in [3.05, 3.63) is 22.2 Å². The first-order valence-corrected chi connectivity index (χ1v) is 10.2. The molecule has 3 atom stereocenters. The molecule has 1 aromatic heterocycles. The lowest BCUT2D eigenvalue weighted by Crippen LogP contribution is -2.29. The van der Waals surface area contributed by atoms with Crippen molar-refractivity contribution in [3.63, 3.8) is 0 Å². The third-order valence-electron chi connectivity index (χ3n) is 3.75. The normalized spacial score (nSPS) is 25.2. The van der Waals surface area contributed by atoms with Crippen LogP contribution in [-0.4, -0.2) is 31.5 Å². The molecule has 1 aromatic rings. The van der Waals surface area contributed by atoms with Gasteiger partial charge in [0.1, 0.15) is 12.0 Å². The van der Waals surface area contributed by atoms with E-state index in [1.165, 1.54) is 4.57 Å². The molecule has 1 fully saturated rings. The minimum Gasteiger partial charge on any atom is -0.383 e. The van der Waals surface area contributed by atoms with E-state index in [0.717, 1.165) is 0 Å². The molecule has 1 aliphatic rings. The molecule has 0 amide bonds. The maximum Gasteiger partial charge on any atom is 0.351 e. The van der Waals surface area contributed by atoms with Crippen LogP contribution in [-0.2, 0) is 21.1 Å². The Labute approximate surface area is 145 Å². The summed E-state index contributed by atoms with van der Waals surface area (Å²) in [6.45, 7) is 4.02. The quantitative estimate of drug-likeness (QED) is 0.675. The zero-order chi connectivity index (χ0) is 18.3. The molecule has 24 heavy (non-hydrogen) atoms. The summed E-state index contributed by atoms with van der Waals surface area (Å²) in [7, 11) is 0. The highest BCUT2D eigenvalue weighted by molar-refractivity contribution is 8.06. The Morgan fingerprint density at radius 3 is 2.71 bits per heavy atom. The first kappa shape index (κ1) is 19.5. The van der Waals surface area contributed by atoms with Crippen molar-refractivity contribution >= 4 is 24.3 Å². The average Bonchev–Trinajstić information content (AvgIpc) is 2.72. The lowest BCUT2D eigenvalue weighted by atomic mass is 9.87. The molecule has 2 rings (SSSR count). The number of nitrogens with zero attached hydrogens (tertiary/aromatic N) is 2. The third-order valence-corrected chi connectivity index (χ3v) is 4.55. The summed E-state index contributed by atoms with van der Waals surface area (Å²) in [6.07, 6.45) is 0.814. The van der Waals surface area contributed by atoms with Crippen molar-refractivity contribution in [2.45, 2.75) is 59.0 Å². The number of hydrogen-bond donors (Lipinski definition) is 3. The van der Waals surface area contributed by atoms with Crippen LogP contribution in [0.15, 0.2) is 11.0 Å². The highest BCUT2D eigenvalue weighted by Gasteiger charge is 2.41. The maximum atomic E-state index is 12.1. The molecule has 8 nitrogen and oxygen atoms in total. The van der Waals surface area contributed by atoms with E-state index in [1.54, 1.807) is 13.1 Å². The Bertz CT molecular complexity index is 711. The fourth-order valence-electron chi connectivity index (χ4n) is 2.73. The molecule has 2 heterocycles. The van der Waals surface area contributed by atoms with Crippen molar-refractivity contribution < 1.29 is 19.0 Å². The van der Waals surface area contributed by atoms with Crippen LogP contribution in [0.25, 0.3) is 0 Å². The summed E-state index contributed by atoms with van der Waals surface area (Å²) in [5, 5.41) is 0. The molecular weight excluding hydrogens is 353 g/mol. The first-order chi connectivity index (χ1) is 10.9. The second-order valence-electron chi connectivity index (χ2n) is 7.26. The number of anilines is 1. The van der Waals surface area contributed by atoms with E-state index in [-0.39, 0.29) is 17.7 Å². The molecular formula is C14H24N3O5PS. The van der Waals surface area contributed by atoms with E-state index in [9.17, 15) is 14.6 Å².